The molecule has 1 atom stereocenters. The van der Waals surface area contributed by atoms with E-state index >= 15 is 0 Å². The third-order valence-corrected chi connectivity index (χ3v) is 2.23. The van der Waals surface area contributed by atoms with Crippen LogP contribution in [-0.4, -0.2) is 17.4 Å². The van der Waals surface area contributed by atoms with Gasteiger partial charge < -0.3 is 5.32 Å². The maximum Gasteiger partial charge on any atom is 0.149 e. The van der Waals surface area contributed by atoms with E-state index in [-0.39, 0.29) is 11.3 Å². The molecule has 0 heterocycles. The Balaban J connectivity index is 4.33. The first-order valence-electron chi connectivity index (χ1n) is 4.82. The van der Waals surface area contributed by atoms with Gasteiger partial charge in [-0.05, 0) is 40.5 Å². The van der Waals surface area contributed by atoms with Crippen molar-refractivity contribution in [2.75, 3.05) is 0 Å². The van der Waals surface area contributed by atoms with Gasteiger partial charge in [0, 0.05) is 6.04 Å². The summed E-state index contributed by atoms with van der Waals surface area (Å²) in [5, 5.41) is 3.29. The fraction of sp³-hybridized carbons (Fsp3) is 0.727. The molecule has 0 saturated carbocycles. The molecule has 0 aromatic heterocycles. The highest BCUT2D eigenvalue weighted by atomic mass is 16.1. The predicted molar refractivity (Wildman–Crippen MR) is 56.8 cm³/mol. The fourth-order valence-corrected chi connectivity index (χ4v) is 1.38. The molecule has 2 heteroatoms. The lowest BCUT2D eigenvalue weighted by Crippen LogP contribution is -2.51. The van der Waals surface area contributed by atoms with Crippen LogP contribution in [0.1, 0.15) is 40.5 Å². The van der Waals surface area contributed by atoms with Gasteiger partial charge in [-0.25, -0.2) is 0 Å². The Hall–Kier alpha value is -0.630. The van der Waals surface area contributed by atoms with E-state index < -0.39 is 0 Å². The maximum absolute atomic E-state index is 11.4. The van der Waals surface area contributed by atoms with Crippen molar-refractivity contribution in [2.24, 2.45) is 0 Å². The van der Waals surface area contributed by atoms with Crippen LogP contribution in [0.3, 0.4) is 0 Å². The molecule has 13 heavy (non-hydrogen) atoms. The van der Waals surface area contributed by atoms with Crippen LogP contribution < -0.4 is 5.32 Å². The summed E-state index contributed by atoms with van der Waals surface area (Å²) in [4.78, 5) is 11.4. The van der Waals surface area contributed by atoms with E-state index in [1.165, 1.54) is 0 Å². The first-order chi connectivity index (χ1) is 5.92. The minimum atomic E-state index is -0.387. The van der Waals surface area contributed by atoms with Crippen LogP contribution in [0.5, 0.6) is 0 Å². The molecule has 1 unspecified atom stereocenters. The summed E-state index contributed by atoms with van der Waals surface area (Å²) in [5.41, 5.74) is -0.387. The third-order valence-electron chi connectivity index (χ3n) is 2.23. The Kier molecular flexibility index (Phi) is 4.92. The molecule has 76 valence electrons. The summed E-state index contributed by atoms with van der Waals surface area (Å²) < 4.78 is 0. The Morgan fingerprint density at radius 3 is 2.46 bits per heavy atom. The van der Waals surface area contributed by atoms with Gasteiger partial charge >= 0.3 is 0 Å². The van der Waals surface area contributed by atoms with Crippen LogP contribution in [0.4, 0.5) is 0 Å². The zero-order valence-corrected chi connectivity index (χ0v) is 9.18. The summed E-state index contributed by atoms with van der Waals surface area (Å²) in [6.45, 7) is 11.4. The van der Waals surface area contributed by atoms with Crippen molar-refractivity contribution in [3.8, 4) is 0 Å². The number of carbonyl (C=O) groups is 1. The van der Waals surface area contributed by atoms with Gasteiger partial charge in [-0.15, -0.1) is 6.58 Å². The van der Waals surface area contributed by atoms with Crippen molar-refractivity contribution in [1.29, 1.82) is 0 Å². The van der Waals surface area contributed by atoms with E-state index in [1.807, 2.05) is 13.0 Å². The SMILES string of the molecule is C=CCCC(C)(NC(C)C)C(C)=O. The highest BCUT2D eigenvalue weighted by Gasteiger charge is 2.28. The van der Waals surface area contributed by atoms with Gasteiger partial charge in [0.05, 0.1) is 5.54 Å². The number of allylic oxidation sites excluding steroid dienone is 1. The number of ketones is 1. The van der Waals surface area contributed by atoms with Crippen molar-refractivity contribution in [1.82, 2.24) is 5.32 Å². The van der Waals surface area contributed by atoms with Gasteiger partial charge in [0.25, 0.3) is 0 Å². The largest absolute Gasteiger partial charge is 0.303 e. The van der Waals surface area contributed by atoms with Gasteiger partial charge in [0.15, 0.2) is 0 Å². The second kappa shape index (κ2) is 5.18. The average Bonchev–Trinajstić information content (AvgIpc) is 1.99. The van der Waals surface area contributed by atoms with Crippen molar-refractivity contribution in [3.63, 3.8) is 0 Å². The summed E-state index contributed by atoms with van der Waals surface area (Å²) in [6.07, 6.45) is 3.54. The molecule has 0 bridgehead atoms. The molecular formula is C11H21NO. The van der Waals surface area contributed by atoms with E-state index in [1.54, 1.807) is 6.92 Å². The Morgan fingerprint density at radius 1 is 1.62 bits per heavy atom. The van der Waals surface area contributed by atoms with E-state index in [9.17, 15) is 4.79 Å². The van der Waals surface area contributed by atoms with Crippen molar-refractivity contribution in [2.45, 2.75) is 52.1 Å². The van der Waals surface area contributed by atoms with E-state index in [2.05, 4.69) is 25.7 Å². The summed E-state index contributed by atoms with van der Waals surface area (Å²) in [5.74, 6) is 0.197. The number of hydrogen-bond acceptors (Lipinski definition) is 2. The number of carbonyl (C=O) groups excluding carboxylic acids is 1. The molecule has 0 aliphatic heterocycles. The summed E-state index contributed by atoms with van der Waals surface area (Å²) >= 11 is 0. The number of Topliss-reactive ketones (excluding diaryl/α,β-unsaturated/α-hetero) is 1. The molecule has 1 N–H and O–H groups in total. The smallest absolute Gasteiger partial charge is 0.149 e. The zero-order chi connectivity index (χ0) is 10.5. The van der Waals surface area contributed by atoms with Gasteiger partial charge in [0.1, 0.15) is 5.78 Å². The topological polar surface area (TPSA) is 29.1 Å². The Labute approximate surface area is 81.4 Å². The zero-order valence-electron chi connectivity index (χ0n) is 9.18. The molecule has 0 fully saturated rings. The highest BCUT2D eigenvalue weighted by Crippen LogP contribution is 2.14. The normalized spacial score (nSPS) is 15.5. The molecule has 0 aliphatic carbocycles. The van der Waals surface area contributed by atoms with Gasteiger partial charge in [-0.1, -0.05) is 6.08 Å². The molecule has 0 radical (unpaired) electrons. The molecule has 2 nitrogen and oxygen atoms in total. The second-order valence-electron chi connectivity index (χ2n) is 4.01. The predicted octanol–water partition coefficient (Wildman–Crippen LogP) is 2.30. The summed E-state index contributed by atoms with van der Waals surface area (Å²) in [6, 6.07) is 0.332. The lowest BCUT2D eigenvalue weighted by molar-refractivity contribution is -0.123. The standard InChI is InChI=1S/C11H21NO/c1-6-7-8-11(5,10(4)13)12-9(2)3/h6,9,12H,1,7-8H2,2-5H3. The van der Waals surface area contributed by atoms with Gasteiger partial charge in [-0.2, -0.15) is 0 Å². The molecule has 0 aromatic rings. The van der Waals surface area contributed by atoms with Gasteiger partial charge in [0.2, 0.25) is 0 Å². The second-order valence-corrected chi connectivity index (χ2v) is 4.01. The monoisotopic (exact) mass is 183 g/mol. The average molecular weight is 183 g/mol. The van der Waals surface area contributed by atoms with Crippen LogP contribution in [0, 0.1) is 0 Å². The molecule has 0 aliphatic rings. The van der Waals surface area contributed by atoms with Crippen LogP contribution in [-0.2, 0) is 4.79 Å². The van der Waals surface area contributed by atoms with Crippen LogP contribution in [0.25, 0.3) is 0 Å². The first kappa shape index (κ1) is 12.4. The minimum Gasteiger partial charge on any atom is -0.303 e. The number of nitrogens with one attached hydrogen (secondary N) is 1. The molecule has 0 saturated heterocycles. The molecule has 0 amide bonds. The fourth-order valence-electron chi connectivity index (χ4n) is 1.38. The van der Waals surface area contributed by atoms with E-state index in [4.69, 9.17) is 0 Å². The minimum absolute atomic E-state index is 0.197. The molecule has 0 rings (SSSR count). The Bertz CT molecular complexity index is 187. The third kappa shape index (κ3) is 4.23. The lowest BCUT2D eigenvalue weighted by atomic mass is 9.90. The van der Waals surface area contributed by atoms with Crippen molar-refractivity contribution < 1.29 is 4.79 Å². The van der Waals surface area contributed by atoms with Crippen LogP contribution >= 0.6 is 0 Å². The summed E-state index contributed by atoms with van der Waals surface area (Å²) in [7, 11) is 0. The highest BCUT2D eigenvalue weighted by molar-refractivity contribution is 5.85. The first-order valence-corrected chi connectivity index (χ1v) is 4.82. The molecule has 0 spiro atoms. The van der Waals surface area contributed by atoms with E-state index in [0.717, 1.165) is 12.8 Å². The van der Waals surface area contributed by atoms with Crippen molar-refractivity contribution in [3.05, 3.63) is 12.7 Å². The number of hydrogen-bond donors (Lipinski definition) is 1. The van der Waals surface area contributed by atoms with Gasteiger partial charge in [-0.3, -0.25) is 4.79 Å². The maximum atomic E-state index is 11.4. The Morgan fingerprint density at radius 2 is 2.15 bits per heavy atom. The van der Waals surface area contributed by atoms with Crippen LogP contribution in [0.15, 0.2) is 12.7 Å². The van der Waals surface area contributed by atoms with Crippen molar-refractivity contribution >= 4 is 5.78 Å². The molecular weight excluding hydrogens is 162 g/mol. The van der Waals surface area contributed by atoms with Crippen LogP contribution in [0.2, 0.25) is 0 Å². The lowest BCUT2D eigenvalue weighted by Gasteiger charge is -2.30. The number of rotatable bonds is 6. The molecule has 0 aromatic carbocycles. The quantitative estimate of drug-likeness (QED) is 0.640. The van der Waals surface area contributed by atoms with E-state index in [0.29, 0.717) is 6.04 Å².